The molecule has 3 heteroatoms. The van der Waals surface area contributed by atoms with E-state index in [0.29, 0.717) is 0 Å². The second-order valence-corrected chi connectivity index (χ2v) is 4.91. The van der Waals surface area contributed by atoms with Gasteiger partial charge in [-0.1, -0.05) is 30.3 Å². The van der Waals surface area contributed by atoms with Gasteiger partial charge in [-0.05, 0) is 25.3 Å². The van der Waals surface area contributed by atoms with E-state index in [2.05, 4.69) is 23.3 Å². The average molecular weight is 227 g/mol. The van der Waals surface area contributed by atoms with Crippen LogP contribution in [0.15, 0.2) is 36.4 Å². The lowest BCUT2D eigenvalue weighted by atomic mass is 9.75. The zero-order chi connectivity index (χ0) is 11.9. The molecule has 0 unspecified atom stereocenters. The largest absolute Gasteiger partial charge is 0.320 e. The molecule has 1 aromatic carbocycles. The van der Waals surface area contributed by atoms with Gasteiger partial charge in [-0.2, -0.15) is 5.10 Å². The molecule has 1 heterocycles. The van der Waals surface area contributed by atoms with Gasteiger partial charge in [-0.3, -0.25) is 4.68 Å². The lowest BCUT2D eigenvalue weighted by molar-refractivity contribution is 0.237. The Labute approximate surface area is 101 Å². The first-order chi connectivity index (χ1) is 8.19. The van der Waals surface area contributed by atoms with Crippen LogP contribution in [0.1, 0.15) is 25.0 Å². The molecule has 88 valence electrons. The summed E-state index contributed by atoms with van der Waals surface area (Å²) in [5, 5.41) is 4.57. The third-order valence-electron chi connectivity index (χ3n) is 3.71. The van der Waals surface area contributed by atoms with Crippen LogP contribution in [0.25, 0.3) is 11.3 Å². The Balaban J connectivity index is 2.02. The summed E-state index contributed by atoms with van der Waals surface area (Å²) in [7, 11) is 1.98. The molecular formula is C14H17N3. The highest BCUT2D eigenvalue weighted by atomic mass is 15.3. The number of hydrogen-bond donors (Lipinski definition) is 1. The summed E-state index contributed by atoms with van der Waals surface area (Å²) >= 11 is 0. The highest BCUT2D eigenvalue weighted by Gasteiger charge is 2.37. The Morgan fingerprint density at radius 3 is 2.53 bits per heavy atom. The number of hydrogen-bond acceptors (Lipinski definition) is 2. The van der Waals surface area contributed by atoms with Crippen molar-refractivity contribution >= 4 is 0 Å². The molecule has 0 bridgehead atoms. The third kappa shape index (κ3) is 1.67. The molecule has 17 heavy (non-hydrogen) atoms. The van der Waals surface area contributed by atoms with Crippen molar-refractivity contribution in [1.82, 2.24) is 9.78 Å². The van der Waals surface area contributed by atoms with E-state index < -0.39 is 0 Å². The van der Waals surface area contributed by atoms with E-state index in [4.69, 9.17) is 5.73 Å². The molecule has 1 aromatic heterocycles. The zero-order valence-electron chi connectivity index (χ0n) is 10.1. The molecule has 1 aliphatic carbocycles. The maximum Gasteiger partial charge on any atom is 0.0926 e. The van der Waals surface area contributed by atoms with Crippen molar-refractivity contribution in [2.75, 3.05) is 0 Å². The molecule has 0 aliphatic heterocycles. The summed E-state index contributed by atoms with van der Waals surface area (Å²) in [6.07, 6.45) is 3.36. The molecule has 0 spiro atoms. The van der Waals surface area contributed by atoms with Crippen molar-refractivity contribution in [3.05, 3.63) is 42.1 Å². The van der Waals surface area contributed by atoms with Crippen molar-refractivity contribution in [3.8, 4) is 11.3 Å². The second kappa shape index (κ2) is 3.70. The normalized spacial score (nSPS) is 17.8. The topological polar surface area (TPSA) is 43.8 Å². The molecule has 0 atom stereocenters. The van der Waals surface area contributed by atoms with Gasteiger partial charge in [0.1, 0.15) is 0 Å². The van der Waals surface area contributed by atoms with Gasteiger partial charge >= 0.3 is 0 Å². The van der Waals surface area contributed by atoms with Crippen LogP contribution in [0.4, 0.5) is 0 Å². The molecule has 0 amide bonds. The van der Waals surface area contributed by atoms with Gasteiger partial charge in [0.25, 0.3) is 0 Å². The zero-order valence-corrected chi connectivity index (χ0v) is 10.1. The van der Waals surface area contributed by atoms with Crippen molar-refractivity contribution in [2.45, 2.75) is 24.8 Å². The summed E-state index contributed by atoms with van der Waals surface area (Å²) in [5.74, 6) is 0. The Bertz CT molecular complexity index is 524. The SMILES string of the molecule is Cn1nc(-c2ccccc2)cc1C1(N)CCC1. The minimum absolute atomic E-state index is 0.144. The van der Waals surface area contributed by atoms with E-state index in [1.807, 2.05) is 29.9 Å². The van der Waals surface area contributed by atoms with Crippen molar-refractivity contribution in [3.63, 3.8) is 0 Å². The quantitative estimate of drug-likeness (QED) is 0.856. The van der Waals surface area contributed by atoms with E-state index in [0.717, 1.165) is 29.8 Å². The highest BCUT2D eigenvalue weighted by molar-refractivity contribution is 5.59. The van der Waals surface area contributed by atoms with Gasteiger partial charge in [0.05, 0.1) is 16.9 Å². The van der Waals surface area contributed by atoms with Crippen LogP contribution in [0.2, 0.25) is 0 Å². The predicted molar refractivity (Wildman–Crippen MR) is 68.4 cm³/mol. The summed E-state index contributed by atoms with van der Waals surface area (Å²) in [4.78, 5) is 0. The number of nitrogens with two attached hydrogens (primary N) is 1. The smallest absolute Gasteiger partial charge is 0.0926 e. The lowest BCUT2D eigenvalue weighted by Crippen LogP contribution is -2.44. The summed E-state index contributed by atoms with van der Waals surface area (Å²) in [6, 6.07) is 12.4. The number of aryl methyl sites for hydroxylation is 1. The number of benzene rings is 1. The average Bonchev–Trinajstić information content (AvgIpc) is 2.70. The summed E-state index contributed by atoms with van der Waals surface area (Å²) in [5.41, 5.74) is 9.53. The third-order valence-corrected chi connectivity index (χ3v) is 3.71. The van der Waals surface area contributed by atoms with Crippen LogP contribution in [-0.4, -0.2) is 9.78 Å². The van der Waals surface area contributed by atoms with Crippen molar-refractivity contribution in [2.24, 2.45) is 12.8 Å². The molecule has 3 rings (SSSR count). The Morgan fingerprint density at radius 1 is 1.24 bits per heavy atom. The molecule has 0 radical (unpaired) electrons. The monoisotopic (exact) mass is 227 g/mol. The van der Waals surface area contributed by atoms with Gasteiger partial charge in [0.2, 0.25) is 0 Å². The number of rotatable bonds is 2. The first-order valence-corrected chi connectivity index (χ1v) is 6.08. The summed E-state index contributed by atoms with van der Waals surface area (Å²) in [6.45, 7) is 0. The fourth-order valence-electron chi connectivity index (χ4n) is 2.50. The minimum atomic E-state index is -0.144. The molecular weight excluding hydrogens is 210 g/mol. The Hall–Kier alpha value is -1.61. The van der Waals surface area contributed by atoms with Crippen LogP contribution in [-0.2, 0) is 12.6 Å². The Morgan fingerprint density at radius 2 is 1.94 bits per heavy atom. The number of nitrogens with zero attached hydrogens (tertiary/aromatic N) is 2. The summed E-state index contributed by atoms with van der Waals surface area (Å²) < 4.78 is 1.93. The van der Waals surface area contributed by atoms with Gasteiger partial charge in [-0.25, -0.2) is 0 Å². The van der Waals surface area contributed by atoms with Crippen LogP contribution in [0.5, 0.6) is 0 Å². The van der Waals surface area contributed by atoms with E-state index in [1.165, 1.54) is 6.42 Å². The lowest BCUT2D eigenvalue weighted by Gasteiger charge is -2.37. The van der Waals surface area contributed by atoms with Crippen LogP contribution in [0.3, 0.4) is 0 Å². The van der Waals surface area contributed by atoms with Gasteiger partial charge in [-0.15, -0.1) is 0 Å². The van der Waals surface area contributed by atoms with E-state index in [9.17, 15) is 0 Å². The first-order valence-electron chi connectivity index (χ1n) is 6.08. The molecule has 1 fully saturated rings. The van der Waals surface area contributed by atoms with Crippen LogP contribution >= 0.6 is 0 Å². The highest BCUT2D eigenvalue weighted by Crippen LogP contribution is 2.39. The maximum absolute atomic E-state index is 6.36. The van der Waals surface area contributed by atoms with Gasteiger partial charge in [0, 0.05) is 12.6 Å². The number of aromatic nitrogens is 2. The fourth-order valence-corrected chi connectivity index (χ4v) is 2.50. The molecule has 1 aliphatic rings. The van der Waals surface area contributed by atoms with Crippen molar-refractivity contribution in [1.29, 1.82) is 0 Å². The fraction of sp³-hybridized carbons (Fsp3) is 0.357. The molecule has 3 nitrogen and oxygen atoms in total. The molecule has 2 aromatic rings. The molecule has 2 N–H and O–H groups in total. The second-order valence-electron chi connectivity index (χ2n) is 4.91. The maximum atomic E-state index is 6.36. The van der Waals surface area contributed by atoms with Crippen molar-refractivity contribution < 1.29 is 0 Å². The van der Waals surface area contributed by atoms with Crippen LogP contribution in [0, 0.1) is 0 Å². The van der Waals surface area contributed by atoms with Gasteiger partial charge < -0.3 is 5.73 Å². The Kier molecular flexibility index (Phi) is 2.30. The predicted octanol–water partition coefficient (Wildman–Crippen LogP) is 2.43. The minimum Gasteiger partial charge on any atom is -0.320 e. The standard InChI is InChI=1S/C14H17N3/c1-17-13(14(15)8-5-9-14)10-12(16-17)11-6-3-2-4-7-11/h2-4,6-7,10H,5,8-9,15H2,1H3. The molecule has 1 saturated carbocycles. The molecule has 0 saturated heterocycles. The first kappa shape index (κ1) is 10.5. The van der Waals surface area contributed by atoms with E-state index in [1.54, 1.807) is 0 Å². The van der Waals surface area contributed by atoms with E-state index >= 15 is 0 Å². The van der Waals surface area contributed by atoms with E-state index in [-0.39, 0.29) is 5.54 Å². The van der Waals surface area contributed by atoms with Crippen LogP contribution < -0.4 is 5.73 Å². The van der Waals surface area contributed by atoms with Gasteiger partial charge in [0.15, 0.2) is 0 Å².